The van der Waals surface area contributed by atoms with Crippen LogP contribution in [0.15, 0.2) is 84.9 Å². The van der Waals surface area contributed by atoms with Crippen molar-refractivity contribution in [3.8, 4) is 16.9 Å². The number of ether oxygens (including phenoxy) is 1. The Bertz CT molecular complexity index is 1770. The van der Waals surface area contributed by atoms with E-state index in [-0.39, 0.29) is 17.5 Å². The van der Waals surface area contributed by atoms with Crippen LogP contribution in [0.25, 0.3) is 22.0 Å². The summed E-state index contributed by atoms with van der Waals surface area (Å²) in [7, 11) is 1.64. The van der Waals surface area contributed by atoms with Crippen molar-refractivity contribution in [3.05, 3.63) is 124 Å². The summed E-state index contributed by atoms with van der Waals surface area (Å²) < 4.78 is 7.80. The smallest absolute Gasteiger partial charge is 0.336 e. The van der Waals surface area contributed by atoms with Crippen molar-refractivity contribution in [2.45, 2.75) is 40.3 Å². The fraction of sp³-hybridized carbons (Fsp3) is 0.200. The van der Waals surface area contributed by atoms with Gasteiger partial charge >= 0.3 is 5.97 Å². The highest BCUT2D eigenvalue weighted by Crippen LogP contribution is 2.30. The number of methoxy groups -OCH3 is 1. The number of benzene rings is 4. The van der Waals surface area contributed by atoms with Gasteiger partial charge in [0.1, 0.15) is 5.75 Å². The molecule has 4 aromatic carbocycles. The highest BCUT2D eigenvalue weighted by molar-refractivity contribution is 5.99. The number of nitrogens with one attached hydrogen (secondary N) is 1. The quantitative estimate of drug-likeness (QED) is 0.211. The summed E-state index contributed by atoms with van der Waals surface area (Å²) in [5.74, 6) is -0.313. The zero-order chi connectivity index (χ0) is 29.3. The van der Waals surface area contributed by atoms with Crippen LogP contribution < -0.4 is 10.1 Å². The van der Waals surface area contributed by atoms with Gasteiger partial charge in [0.05, 0.1) is 18.7 Å². The Morgan fingerprint density at radius 2 is 1.66 bits per heavy atom. The summed E-state index contributed by atoms with van der Waals surface area (Å²) in [5.41, 5.74) is 8.93. The van der Waals surface area contributed by atoms with Crippen LogP contribution in [0.2, 0.25) is 0 Å². The molecule has 0 radical (unpaired) electrons. The van der Waals surface area contributed by atoms with Crippen LogP contribution in [0, 0.1) is 20.8 Å². The minimum Gasteiger partial charge on any atom is -0.496 e. The fourth-order valence-corrected chi connectivity index (χ4v) is 5.42. The van der Waals surface area contributed by atoms with Crippen molar-refractivity contribution in [1.29, 1.82) is 0 Å². The number of aromatic carboxylic acids is 1. The Morgan fingerprint density at radius 1 is 0.927 bits per heavy atom. The Kier molecular flexibility index (Phi) is 7.66. The molecule has 41 heavy (non-hydrogen) atoms. The minimum absolute atomic E-state index is 0.135. The van der Waals surface area contributed by atoms with Crippen LogP contribution in [0.3, 0.4) is 0 Å². The van der Waals surface area contributed by atoms with E-state index in [9.17, 15) is 14.7 Å². The largest absolute Gasteiger partial charge is 0.496 e. The highest BCUT2D eigenvalue weighted by atomic mass is 16.5. The predicted molar refractivity (Wildman–Crippen MR) is 163 cm³/mol. The number of carboxylic acid groups (broad SMARTS) is 1. The molecule has 6 nitrogen and oxygen atoms in total. The Balaban J connectivity index is 1.38. The Morgan fingerprint density at radius 3 is 2.37 bits per heavy atom. The first-order valence-corrected chi connectivity index (χ1v) is 13.6. The molecular formula is C35H34N2O4. The molecule has 0 fully saturated rings. The predicted octanol–water partition coefficient (Wildman–Crippen LogP) is 7.48. The van der Waals surface area contributed by atoms with Gasteiger partial charge in [-0.2, -0.15) is 0 Å². The first kappa shape index (κ1) is 27.7. The van der Waals surface area contributed by atoms with Gasteiger partial charge in [-0.05, 0) is 85.8 Å². The van der Waals surface area contributed by atoms with E-state index in [1.165, 1.54) is 0 Å². The molecule has 0 spiro atoms. The molecule has 0 saturated carbocycles. The number of hydrogen-bond acceptors (Lipinski definition) is 3. The van der Waals surface area contributed by atoms with Crippen LogP contribution >= 0.6 is 0 Å². The number of nitrogens with zero attached hydrogens (tertiary/aromatic N) is 1. The van der Waals surface area contributed by atoms with Crippen molar-refractivity contribution >= 4 is 22.8 Å². The highest BCUT2D eigenvalue weighted by Gasteiger charge is 2.18. The normalized spacial score (nSPS) is 11.8. The second-order valence-corrected chi connectivity index (χ2v) is 10.5. The van der Waals surface area contributed by atoms with Gasteiger partial charge in [-0.15, -0.1) is 0 Å². The molecule has 1 amide bonds. The van der Waals surface area contributed by atoms with Gasteiger partial charge in [0.15, 0.2) is 0 Å². The number of hydrogen-bond donors (Lipinski definition) is 2. The van der Waals surface area contributed by atoms with E-state index in [1.807, 2.05) is 86.6 Å². The van der Waals surface area contributed by atoms with Gasteiger partial charge in [0, 0.05) is 34.3 Å². The maximum absolute atomic E-state index is 13.3. The summed E-state index contributed by atoms with van der Waals surface area (Å²) in [4.78, 5) is 24.9. The molecule has 0 bridgehead atoms. The molecule has 1 aromatic heterocycles. The van der Waals surface area contributed by atoms with Gasteiger partial charge in [-0.3, -0.25) is 4.79 Å². The fourth-order valence-electron chi connectivity index (χ4n) is 5.42. The molecule has 0 saturated heterocycles. The molecule has 1 atom stereocenters. The van der Waals surface area contributed by atoms with E-state index in [1.54, 1.807) is 19.2 Å². The van der Waals surface area contributed by atoms with E-state index in [2.05, 4.69) is 23.7 Å². The van der Waals surface area contributed by atoms with E-state index in [0.29, 0.717) is 17.7 Å². The third-order valence-corrected chi connectivity index (χ3v) is 7.87. The van der Waals surface area contributed by atoms with Crippen molar-refractivity contribution in [2.24, 2.45) is 0 Å². The molecular weight excluding hydrogens is 512 g/mol. The molecule has 1 heterocycles. The zero-order valence-corrected chi connectivity index (χ0v) is 24.0. The van der Waals surface area contributed by atoms with Crippen LogP contribution in [0.1, 0.15) is 61.6 Å². The molecule has 0 aliphatic heterocycles. The van der Waals surface area contributed by atoms with Crippen LogP contribution in [0.4, 0.5) is 0 Å². The number of carbonyl (C=O) groups is 2. The third kappa shape index (κ3) is 5.46. The summed E-state index contributed by atoms with van der Waals surface area (Å²) in [6, 6.07) is 26.7. The lowest BCUT2D eigenvalue weighted by molar-refractivity contribution is 0.0697. The molecule has 0 unspecified atom stereocenters. The third-order valence-electron chi connectivity index (χ3n) is 7.87. The SMILES string of the molecule is COc1cc(C)ccc1[C@H](C)NC(=O)c1ccc2c(c1)c(C)c(C)n2Cc1ccc(-c2ccccc2C(=O)O)cc1. The maximum Gasteiger partial charge on any atom is 0.336 e. The topological polar surface area (TPSA) is 80.6 Å². The standard InChI is InChI=1S/C35H34N2O4/c1-21-10-16-28(33(18-21)41-5)23(3)36-34(38)27-15-17-32-31(19-27)22(2)24(4)37(32)20-25-11-13-26(14-12-25)29-8-6-7-9-30(29)35(39)40/h6-19,23H,20H2,1-5H3,(H,36,38)(H,39,40)/t23-/m0/s1. The lowest BCUT2D eigenvalue weighted by atomic mass is 9.99. The lowest BCUT2D eigenvalue weighted by Crippen LogP contribution is -2.27. The summed E-state index contributed by atoms with van der Waals surface area (Å²) in [6.07, 6.45) is 0. The summed E-state index contributed by atoms with van der Waals surface area (Å²) in [6.45, 7) is 8.81. The number of carboxylic acids is 1. The molecule has 6 heteroatoms. The molecule has 5 rings (SSSR count). The molecule has 0 aliphatic carbocycles. The molecule has 2 N–H and O–H groups in total. The minimum atomic E-state index is -0.938. The summed E-state index contributed by atoms with van der Waals surface area (Å²) in [5, 5.41) is 13.7. The van der Waals surface area contributed by atoms with Crippen molar-refractivity contribution in [3.63, 3.8) is 0 Å². The molecule has 0 aliphatic rings. The van der Waals surface area contributed by atoms with Crippen molar-refractivity contribution in [1.82, 2.24) is 9.88 Å². The first-order chi connectivity index (χ1) is 19.7. The van der Waals surface area contributed by atoms with E-state index >= 15 is 0 Å². The number of rotatable bonds is 8. The lowest BCUT2D eigenvalue weighted by Gasteiger charge is -2.18. The second kappa shape index (κ2) is 11.3. The van der Waals surface area contributed by atoms with Gasteiger partial charge in [-0.25, -0.2) is 4.79 Å². The van der Waals surface area contributed by atoms with Gasteiger partial charge in [0.25, 0.3) is 5.91 Å². The molecule has 5 aromatic rings. The maximum atomic E-state index is 13.3. The van der Waals surface area contributed by atoms with Gasteiger partial charge in [-0.1, -0.05) is 54.6 Å². The zero-order valence-electron chi connectivity index (χ0n) is 24.0. The van der Waals surface area contributed by atoms with Crippen LogP contribution in [-0.2, 0) is 6.54 Å². The Hall–Kier alpha value is -4.84. The number of aromatic nitrogens is 1. The van der Waals surface area contributed by atoms with Crippen molar-refractivity contribution < 1.29 is 19.4 Å². The second-order valence-electron chi connectivity index (χ2n) is 10.5. The monoisotopic (exact) mass is 546 g/mol. The number of fused-ring (bicyclic) bond motifs is 1. The van der Waals surface area contributed by atoms with E-state index < -0.39 is 5.97 Å². The van der Waals surface area contributed by atoms with Crippen LogP contribution in [0.5, 0.6) is 5.75 Å². The first-order valence-electron chi connectivity index (χ1n) is 13.6. The van der Waals surface area contributed by atoms with Crippen LogP contribution in [-0.4, -0.2) is 28.7 Å². The number of carbonyl (C=O) groups excluding carboxylic acids is 1. The van der Waals surface area contributed by atoms with E-state index in [4.69, 9.17) is 4.74 Å². The molecule has 208 valence electrons. The average molecular weight is 547 g/mol. The van der Waals surface area contributed by atoms with E-state index in [0.717, 1.165) is 50.2 Å². The Labute approximate surface area is 240 Å². The summed E-state index contributed by atoms with van der Waals surface area (Å²) >= 11 is 0. The number of amides is 1. The van der Waals surface area contributed by atoms with Gasteiger partial charge in [0.2, 0.25) is 0 Å². The number of aryl methyl sites for hydroxylation is 2. The average Bonchev–Trinajstić information content (AvgIpc) is 3.21. The van der Waals surface area contributed by atoms with Crippen molar-refractivity contribution in [2.75, 3.05) is 7.11 Å². The van der Waals surface area contributed by atoms with Gasteiger partial charge < -0.3 is 19.7 Å².